The summed E-state index contributed by atoms with van der Waals surface area (Å²) in [6.45, 7) is 5.11. The number of ether oxygens (including phenoxy) is 1. The van der Waals surface area contributed by atoms with Gasteiger partial charge in [0.2, 0.25) is 5.58 Å². The number of carbonyl (C=O) groups is 1. The fraction of sp³-hybridized carbons (Fsp3) is 0.421. The number of nitrogens with zero attached hydrogens (tertiary/aromatic N) is 2. The van der Waals surface area contributed by atoms with Crippen molar-refractivity contribution in [3.05, 3.63) is 38.9 Å². The minimum absolute atomic E-state index is 0.0349. The van der Waals surface area contributed by atoms with Gasteiger partial charge in [0.15, 0.2) is 0 Å². The molecule has 0 spiro atoms. The van der Waals surface area contributed by atoms with Gasteiger partial charge in [-0.1, -0.05) is 15.9 Å². The van der Waals surface area contributed by atoms with Crippen LogP contribution in [0.4, 0.5) is 9.18 Å². The highest BCUT2D eigenvalue weighted by molar-refractivity contribution is 9.10. The van der Waals surface area contributed by atoms with Crippen molar-refractivity contribution in [2.24, 2.45) is 0 Å². The van der Waals surface area contributed by atoms with Crippen LogP contribution in [0.5, 0.6) is 0 Å². The molecular weight excluding hydrogens is 433 g/mol. The second-order valence-corrected chi connectivity index (χ2v) is 8.77. The average molecular weight is 452 g/mol. The zero-order chi connectivity index (χ0) is 20.2. The van der Waals surface area contributed by atoms with Crippen molar-refractivity contribution in [1.82, 2.24) is 14.9 Å². The lowest BCUT2D eigenvalue weighted by Gasteiger charge is -2.27. The highest BCUT2D eigenvalue weighted by atomic mass is 79.9. The van der Waals surface area contributed by atoms with Gasteiger partial charge in [0.05, 0.1) is 12.6 Å². The van der Waals surface area contributed by atoms with Crippen LogP contribution in [-0.4, -0.2) is 39.3 Å². The van der Waals surface area contributed by atoms with E-state index in [1.807, 2.05) is 0 Å². The zero-order valence-electron chi connectivity index (χ0n) is 15.6. The van der Waals surface area contributed by atoms with Gasteiger partial charge in [0.1, 0.15) is 28.7 Å². The van der Waals surface area contributed by atoms with Crippen molar-refractivity contribution < 1.29 is 18.3 Å². The van der Waals surface area contributed by atoms with Crippen LogP contribution in [-0.2, 0) is 4.74 Å². The molecule has 2 aromatic heterocycles. The molecule has 1 aromatic carbocycles. The third kappa shape index (κ3) is 3.39. The maximum absolute atomic E-state index is 14.2. The maximum Gasteiger partial charge on any atom is 0.411 e. The van der Waals surface area contributed by atoms with Crippen LogP contribution < -0.4 is 5.56 Å². The first kappa shape index (κ1) is 18.9. The number of H-pyrrole nitrogens is 1. The van der Waals surface area contributed by atoms with E-state index < -0.39 is 29.5 Å². The molecular formula is C19H19BrFN3O4. The van der Waals surface area contributed by atoms with Crippen molar-refractivity contribution >= 4 is 44.1 Å². The van der Waals surface area contributed by atoms with Gasteiger partial charge in [0, 0.05) is 16.3 Å². The van der Waals surface area contributed by atoms with Crippen molar-refractivity contribution in [1.29, 1.82) is 0 Å². The minimum Gasteiger partial charge on any atom is -0.449 e. The summed E-state index contributed by atoms with van der Waals surface area (Å²) in [6.07, 6.45) is -1.83. The summed E-state index contributed by atoms with van der Waals surface area (Å²) in [7, 11) is 0. The van der Waals surface area contributed by atoms with E-state index in [0.717, 1.165) is 4.47 Å². The number of amides is 1. The molecule has 0 radical (unpaired) electrons. The van der Waals surface area contributed by atoms with E-state index >= 15 is 0 Å². The van der Waals surface area contributed by atoms with Gasteiger partial charge in [0.25, 0.3) is 5.56 Å². The molecule has 0 unspecified atom stereocenters. The van der Waals surface area contributed by atoms with Gasteiger partial charge in [-0.25, -0.2) is 14.2 Å². The number of halogens is 2. The van der Waals surface area contributed by atoms with Crippen molar-refractivity contribution in [3.8, 4) is 0 Å². The highest BCUT2D eigenvalue weighted by Gasteiger charge is 2.40. The summed E-state index contributed by atoms with van der Waals surface area (Å²) >= 11 is 3.40. The SMILES string of the molecule is CC(C)(C)OC(=O)N1C[C@@H](F)C[C@H]1c1nc2c(oc3ccc(Br)cc32)c(=O)[nH]1. The predicted octanol–water partition coefficient (Wildman–Crippen LogP) is 4.45. The standard InChI is InChI=1S/C19H19BrFN3O4/c1-19(2,3)28-18(26)24-8-10(21)7-12(24)16-22-14-11-6-9(20)4-5-13(11)27-15(14)17(25)23-16/h4-6,10,12H,7-8H2,1-3H3,(H,22,23,25)/t10-,12-/m0/s1. The fourth-order valence-electron chi connectivity index (χ4n) is 3.37. The van der Waals surface area contributed by atoms with Crippen molar-refractivity contribution in [2.45, 2.75) is 45.0 Å². The molecule has 2 atom stereocenters. The summed E-state index contributed by atoms with van der Waals surface area (Å²) in [5, 5.41) is 0.662. The smallest absolute Gasteiger partial charge is 0.411 e. The third-order valence-corrected chi connectivity index (χ3v) is 4.99. The number of hydrogen-bond acceptors (Lipinski definition) is 5. The molecule has 148 valence electrons. The van der Waals surface area contributed by atoms with E-state index in [-0.39, 0.29) is 24.4 Å². The highest BCUT2D eigenvalue weighted by Crippen LogP contribution is 2.34. The second kappa shape index (κ2) is 6.58. The van der Waals surface area contributed by atoms with E-state index in [2.05, 4.69) is 25.9 Å². The molecule has 1 fully saturated rings. The monoisotopic (exact) mass is 451 g/mol. The van der Waals surface area contributed by atoms with E-state index in [9.17, 15) is 14.0 Å². The topological polar surface area (TPSA) is 88.4 Å². The Bertz CT molecular complexity index is 1130. The van der Waals surface area contributed by atoms with E-state index in [1.54, 1.807) is 39.0 Å². The number of nitrogens with one attached hydrogen (secondary N) is 1. The quantitative estimate of drug-likeness (QED) is 0.590. The van der Waals surface area contributed by atoms with Crippen LogP contribution in [0, 0.1) is 0 Å². The van der Waals surface area contributed by atoms with Crippen LogP contribution in [0.3, 0.4) is 0 Å². The van der Waals surface area contributed by atoms with Crippen molar-refractivity contribution in [3.63, 3.8) is 0 Å². The van der Waals surface area contributed by atoms with Crippen LogP contribution in [0.2, 0.25) is 0 Å². The number of alkyl halides is 1. The molecule has 1 saturated heterocycles. The molecule has 3 heterocycles. The number of benzene rings is 1. The normalized spacial score (nSPS) is 20.2. The third-order valence-electron chi connectivity index (χ3n) is 4.50. The summed E-state index contributed by atoms with van der Waals surface area (Å²) < 4.78 is 26.0. The first-order valence-corrected chi connectivity index (χ1v) is 9.67. The molecule has 4 rings (SSSR count). The summed E-state index contributed by atoms with van der Waals surface area (Å²) in [5.74, 6) is 0.214. The first-order valence-electron chi connectivity index (χ1n) is 8.88. The van der Waals surface area contributed by atoms with Crippen LogP contribution in [0.25, 0.3) is 22.1 Å². The molecule has 1 aliphatic rings. The Morgan fingerprint density at radius 1 is 1.43 bits per heavy atom. The van der Waals surface area contributed by atoms with Gasteiger partial charge in [-0.3, -0.25) is 9.69 Å². The first-order chi connectivity index (χ1) is 13.1. The van der Waals surface area contributed by atoms with E-state index in [4.69, 9.17) is 9.15 Å². The number of fused-ring (bicyclic) bond motifs is 3. The number of aromatic amines is 1. The maximum atomic E-state index is 14.2. The molecule has 9 heteroatoms. The number of carbonyl (C=O) groups excluding carboxylic acids is 1. The largest absolute Gasteiger partial charge is 0.449 e. The number of furan rings is 1. The Hall–Kier alpha value is -2.42. The minimum atomic E-state index is -1.23. The summed E-state index contributed by atoms with van der Waals surface area (Å²) in [5.41, 5.74) is -0.198. The number of likely N-dealkylation sites (tertiary alicyclic amines) is 1. The summed E-state index contributed by atoms with van der Waals surface area (Å²) in [4.78, 5) is 33.6. The van der Waals surface area contributed by atoms with E-state index in [1.165, 1.54) is 4.90 Å². The molecule has 28 heavy (non-hydrogen) atoms. The fourth-order valence-corrected chi connectivity index (χ4v) is 3.73. The van der Waals surface area contributed by atoms with Gasteiger partial charge >= 0.3 is 6.09 Å². The molecule has 0 saturated carbocycles. The van der Waals surface area contributed by atoms with Crippen LogP contribution >= 0.6 is 15.9 Å². The average Bonchev–Trinajstić information content (AvgIpc) is 3.14. The number of rotatable bonds is 1. The Kier molecular flexibility index (Phi) is 4.45. The molecule has 0 aliphatic carbocycles. The van der Waals surface area contributed by atoms with Gasteiger partial charge < -0.3 is 14.1 Å². The molecule has 1 amide bonds. The van der Waals surface area contributed by atoms with Crippen LogP contribution in [0.15, 0.2) is 31.9 Å². The van der Waals surface area contributed by atoms with Gasteiger partial charge in [-0.15, -0.1) is 0 Å². The molecule has 3 aromatic rings. The lowest BCUT2D eigenvalue weighted by molar-refractivity contribution is 0.0210. The Morgan fingerprint density at radius 3 is 2.89 bits per heavy atom. The van der Waals surface area contributed by atoms with Gasteiger partial charge in [-0.2, -0.15) is 0 Å². The molecule has 1 N–H and O–H groups in total. The van der Waals surface area contributed by atoms with Crippen molar-refractivity contribution in [2.75, 3.05) is 6.54 Å². The van der Waals surface area contributed by atoms with Crippen LogP contribution in [0.1, 0.15) is 39.1 Å². The number of hydrogen-bond donors (Lipinski definition) is 1. The van der Waals surface area contributed by atoms with E-state index in [0.29, 0.717) is 16.5 Å². The Labute approximate surface area is 168 Å². The second-order valence-electron chi connectivity index (χ2n) is 7.85. The molecule has 0 bridgehead atoms. The Balaban J connectivity index is 1.80. The van der Waals surface area contributed by atoms with Gasteiger partial charge in [-0.05, 0) is 39.0 Å². The molecule has 1 aliphatic heterocycles. The Morgan fingerprint density at radius 2 is 2.18 bits per heavy atom. The molecule has 7 nitrogen and oxygen atoms in total. The lowest BCUT2D eigenvalue weighted by Crippen LogP contribution is -2.37. The number of aromatic nitrogens is 2. The predicted molar refractivity (Wildman–Crippen MR) is 105 cm³/mol. The lowest BCUT2D eigenvalue weighted by atomic mass is 10.2. The zero-order valence-corrected chi connectivity index (χ0v) is 17.2. The summed E-state index contributed by atoms with van der Waals surface area (Å²) in [6, 6.07) is 4.61.